The van der Waals surface area contributed by atoms with Crippen LogP contribution < -0.4 is 5.32 Å². The minimum absolute atomic E-state index is 0.0669. The van der Waals surface area contributed by atoms with Gasteiger partial charge in [-0.05, 0) is 72.1 Å². The highest BCUT2D eigenvalue weighted by molar-refractivity contribution is 7.99. The number of piperidine rings is 1. The summed E-state index contributed by atoms with van der Waals surface area (Å²) >= 11 is 3.49. The van der Waals surface area contributed by atoms with E-state index in [-0.39, 0.29) is 5.91 Å². The molecule has 3 rings (SSSR count). The van der Waals surface area contributed by atoms with Gasteiger partial charge in [-0.2, -0.15) is 11.3 Å². The molecule has 3 nitrogen and oxygen atoms in total. The number of carbonyl (C=O) groups excluding carboxylic acids is 1. The molecule has 1 fully saturated rings. The van der Waals surface area contributed by atoms with Crippen molar-refractivity contribution in [2.24, 2.45) is 5.92 Å². The Bertz CT molecular complexity index is 664. The van der Waals surface area contributed by atoms with Crippen LogP contribution in [-0.4, -0.2) is 36.2 Å². The van der Waals surface area contributed by atoms with Crippen LogP contribution in [0.25, 0.3) is 0 Å². The number of nitrogens with zero attached hydrogens (tertiary/aromatic N) is 1. The molecule has 1 amide bonds. The van der Waals surface area contributed by atoms with Gasteiger partial charge < -0.3 is 5.32 Å². The molecular formula is C20H26N2OS2. The molecule has 0 unspecified atom stereocenters. The fourth-order valence-electron chi connectivity index (χ4n) is 3.26. The molecule has 0 aliphatic carbocycles. The van der Waals surface area contributed by atoms with Crippen molar-refractivity contribution in [3.05, 3.63) is 52.2 Å². The summed E-state index contributed by atoms with van der Waals surface area (Å²) in [5.41, 5.74) is 2.23. The minimum atomic E-state index is 0.0669. The van der Waals surface area contributed by atoms with E-state index in [9.17, 15) is 4.79 Å². The van der Waals surface area contributed by atoms with E-state index < -0.39 is 0 Å². The first-order valence-electron chi connectivity index (χ1n) is 8.99. The molecule has 1 aliphatic heterocycles. The maximum Gasteiger partial charge on any atom is 0.252 e. The lowest BCUT2D eigenvalue weighted by Gasteiger charge is -2.31. The summed E-state index contributed by atoms with van der Waals surface area (Å²) in [4.78, 5) is 16.1. The van der Waals surface area contributed by atoms with Gasteiger partial charge in [0.2, 0.25) is 0 Å². The third-order valence-electron chi connectivity index (χ3n) is 4.68. The number of thiophene rings is 1. The van der Waals surface area contributed by atoms with Gasteiger partial charge in [0.05, 0.1) is 5.56 Å². The van der Waals surface area contributed by atoms with Crippen LogP contribution in [0, 0.1) is 5.92 Å². The van der Waals surface area contributed by atoms with Crippen LogP contribution in [0.3, 0.4) is 0 Å². The highest BCUT2D eigenvalue weighted by atomic mass is 32.2. The predicted molar refractivity (Wildman–Crippen MR) is 107 cm³/mol. The smallest absolute Gasteiger partial charge is 0.252 e. The summed E-state index contributed by atoms with van der Waals surface area (Å²) in [5, 5.41) is 7.54. The highest BCUT2D eigenvalue weighted by Crippen LogP contribution is 2.23. The van der Waals surface area contributed by atoms with Crippen LogP contribution in [0.2, 0.25) is 0 Å². The Hall–Kier alpha value is -1.30. The van der Waals surface area contributed by atoms with Crippen molar-refractivity contribution in [1.29, 1.82) is 0 Å². The Morgan fingerprint density at radius 3 is 2.80 bits per heavy atom. The van der Waals surface area contributed by atoms with E-state index in [1.54, 1.807) is 23.1 Å². The molecule has 25 heavy (non-hydrogen) atoms. The Balaban J connectivity index is 1.44. The van der Waals surface area contributed by atoms with E-state index in [1.807, 2.05) is 24.3 Å². The Morgan fingerprint density at radius 2 is 2.08 bits per heavy atom. The fraction of sp³-hybridized carbons (Fsp3) is 0.450. The first-order valence-corrected chi connectivity index (χ1v) is 10.9. The average Bonchev–Trinajstić information content (AvgIpc) is 3.15. The summed E-state index contributed by atoms with van der Waals surface area (Å²) in [7, 11) is 0. The Labute approximate surface area is 158 Å². The zero-order valence-electron chi connectivity index (χ0n) is 14.7. The second kappa shape index (κ2) is 9.41. The number of hydrogen-bond acceptors (Lipinski definition) is 4. The second-order valence-electron chi connectivity index (χ2n) is 6.49. The lowest BCUT2D eigenvalue weighted by atomic mass is 9.96. The zero-order chi connectivity index (χ0) is 17.5. The van der Waals surface area contributed by atoms with Gasteiger partial charge in [-0.3, -0.25) is 9.69 Å². The molecule has 0 radical (unpaired) electrons. The second-order valence-corrected chi connectivity index (χ2v) is 8.58. The number of carbonyl (C=O) groups is 1. The van der Waals surface area contributed by atoms with Crippen LogP contribution in [0.4, 0.5) is 0 Å². The highest BCUT2D eigenvalue weighted by Gasteiger charge is 2.20. The first-order chi connectivity index (χ1) is 12.3. The maximum atomic E-state index is 12.5. The van der Waals surface area contributed by atoms with E-state index in [0.29, 0.717) is 5.92 Å². The van der Waals surface area contributed by atoms with E-state index in [2.05, 4.69) is 34.0 Å². The van der Waals surface area contributed by atoms with Crippen molar-refractivity contribution >= 4 is 29.0 Å². The molecule has 2 heterocycles. The molecule has 2 aromatic rings. The maximum absolute atomic E-state index is 12.5. The third-order valence-corrected chi connectivity index (χ3v) is 6.36. The molecule has 1 aromatic heterocycles. The van der Waals surface area contributed by atoms with Crippen molar-refractivity contribution in [2.75, 3.05) is 25.4 Å². The van der Waals surface area contributed by atoms with E-state index in [1.165, 1.54) is 5.56 Å². The molecule has 1 aliphatic rings. The number of amides is 1. The number of thioether (sulfide) groups is 1. The number of nitrogens with one attached hydrogen (secondary N) is 1. The molecule has 134 valence electrons. The average molecular weight is 375 g/mol. The van der Waals surface area contributed by atoms with Gasteiger partial charge in [0, 0.05) is 18.0 Å². The SMILES string of the molecule is CCSc1ccccc1C(=O)NCC1CCN(Cc2ccsc2)CC1. The number of hydrogen-bond donors (Lipinski definition) is 1. The van der Waals surface area contributed by atoms with Gasteiger partial charge in [0.15, 0.2) is 0 Å². The van der Waals surface area contributed by atoms with E-state index in [4.69, 9.17) is 0 Å². The summed E-state index contributed by atoms with van der Waals surface area (Å²) in [6, 6.07) is 10.1. The van der Waals surface area contributed by atoms with Gasteiger partial charge in [-0.1, -0.05) is 19.1 Å². The molecule has 0 saturated carbocycles. The topological polar surface area (TPSA) is 32.3 Å². The zero-order valence-corrected chi connectivity index (χ0v) is 16.4. The summed E-state index contributed by atoms with van der Waals surface area (Å²) in [5.74, 6) is 1.64. The summed E-state index contributed by atoms with van der Waals surface area (Å²) < 4.78 is 0. The van der Waals surface area contributed by atoms with Crippen molar-refractivity contribution in [2.45, 2.75) is 31.2 Å². The number of rotatable bonds is 7. The lowest BCUT2D eigenvalue weighted by Crippen LogP contribution is -2.38. The Kier molecular flexibility index (Phi) is 6.96. The number of benzene rings is 1. The van der Waals surface area contributed by atoms with E-state index in [0.717, 1.165) is 55.2 Å². The summed E-state index contributed by atoms with van der Waals surface area (Å²) in [6.45, 7) is 6.21. The van der Waals surface area contributed by atoms with Crippen LogP contribution in [-0.2, 0) is 6.54 Å². The van der Waals surface area contributed by atoms with Gasteiger partial charge in [0.25, 0.3) is 5.91 Å². The van der Waals surface area contributed by atoms with Gasteiger partial charge >= 0.3 is 0 Å². The van der Waals surface area contributed by atoms with E-state index >= 15 is 0 Å². The standard InChI is InChI=1S/C20H26N2OS2/c1-2-25-19-6-4-3-5-18(19)20(23)21-13-16-7-10-22(11-8-16)14-17-9-12-24-15-17/h3-6,9,12,15-16H,2,7-8,10-11,13-14H2,1H3,(H,21,23). The molecule has 0 bridgehead atoms. The molecule has 5 heteroatoms. The van der Waals surface area contributed by atoms with Crippen LogP contribution >= 0.6 is 23.1 Å². The lowest BCUT2D eigenvalue weighted by molar-refractivity contribution is 0.0932. The van der Waals surface area contributed by atoms with Crippen molar-refractivity contribution in [1.82, 2.24) is 10.2 Å². The molecule has 1 N–H and O–H groups in total. The molecular weight excluding hydrogens is 348 g/mol. The predicted octanol–water partition coefficient (Wildman–Crippen LogP) is 4.50. The molecule has 0 spiro atoms. The van der Waals surface area contributed by atoms with Crippen molar-refractivity contribution in [3.63, 3.8) is 0 Å². The molecule has 1 saturated heterocycles. The van der Waals surface area contributed by atoms with Crippen LogP contribution in [0.1, 0.15) is 35.7 Å². The minimum Gasteiger partial charge on any atom is -0.352 e. The third kappa shape index (κ3) is 5.33. The Morgan fingerprint density at radius 1 is 1.28 bits per heavy atom. The van der Waals surface area contributed by atoms with Crippen LogP contribution in [0.15, 0.2) is 46.0 Å². The van der Waals surface area contributed by atoms with Crippen molar-refractivity contribution in [3.8, 4) is 0 Å². The van der Waals surface area contributed by atoms with Gasteiger partial charge in [0.1, 0.15) is 0 Å². The first kappa shape index (κ1) is 18.5. The molecule has 0 atom stereocenters. The van der Waals surface area contributed by atoms with Gasteiger partial charge in [-0.25, -0.2) is 0 Å². The van der Waals surface area contributed by atoms with Crippen LogP contribution in [0.5, 0.6) is 0 Å². The normalized spacial score (nSPS) is 16.0. The molecule has 1 aromatic carbocycles. The van der Waals surface area contributed by atoms with Crippen molar-refractivity contribution < 1.29 is 4.79 Å². The number of likely N-dealkylation sites (tertiary alicyclic amines) is 1. The quantitative estimate of drug-likeness (QED) is 0.724. The fourth-order valence-corrected chi connectivity index (χ4v) is 4.72. The largest absolute Gasteiger partial charge is 0.352 e. The monoisotopic (exact) mass is 374 g/mol. The summed E-state index contributed by atoms with van der Waals surface area (Å²) in [6.07, 6.45) is 2.32. The van der Waals surface area contributed by atoms with Gasteiger partial charge in [-0.15, -0.1) is 11.8 Å².